The molecule has 2 aromatic rings. The monoisotopic (exact) mass is 592 g/mol. The second-order valence-electron chi connectivity index (χ2n) is 11.6. The number of ether oxygens (including phenoxy) is 1. The highest BCUT2D eigenvalue weighted by Gasteiger charge is 2.62. The summed E-state index contributed by atoms with van der Waals surface area (Å²) in [5, 5.41) is 11.0. The van der Waals surface area contributed by atoms with Crippen molar-refractivity contribution in [3.8, 4) is 5.75 Å². The van der Waals surface area contributed by atoms with E-state index in [4.69, 9.17) is 16.3 Å². The molecule has 3 atom stereocenters. The van der Waals surface area contributed by atoms with E-state index in [9.17, 15) is 27.9 Å². The molecule has 2 saturated heterocycles. The van der Waals surface area contributed by atoms with Gasteiger partial charge in [0.05, 0.1) is 17.2 Å². The van der Waals surface area contributed by atoms with Gasteiger partial charge in [0, 0.05) is 31.2 Å². The van der Waals surface area contributed by atoms with E-state index in [-0.39, 0.29) is 24.9 Å². The molecule has 0 aromatic heterocycles. The number of hydrogen-bond acceptors (Lipinski definition) is 4. The maximum atomic E-state index is 13.9. The Bertz CT molecular complexity index is 1240. The molecule has 2 bridgehead atoms. The van der Waals surface area contributed by atoms with Gasteiger partial charge in [-0.3, -0.25) is 9.59 Å². The van der Waals surface area contributed by atoms with E-state index in [2.05, 4.69) is 0 Å². The molecule has 2 aliphatic heterocycles. The van der Waals surface area contributed by atoms with Gasteiger partial charge < -0.3 is 19.6 Å². The van der Waals surface area contributed by atoms with Crippen molar-refractivity contribution in [3.05, 3.63) is 64.7 Å². The predicted molar refractivity (Wildman–Crippen MR) is 149 cm³/mol. The molecule has 1 saturated carbocycles. The third-order valence-corrected chi connectivity index (χ3v) is 9.24. The number of alkyl halides is 3. The molecular formula is C31H36ClF3N2O4. The molecule has 10 heteroatoms. The summed E-state index contributed by atoms with van der Waals surface area (Å²) in [6, 6.07) is 12.1. The number of rotatable bonds is 9. The largest absolute Gasteiger partial charge is 0.494 e. The minimum absolute atomic E-state index is 0.00959. The van der Waals surface area contributed by atoms with Crippen molar-refractivity contribution in [1.29, 1.82) is 0 Å². The highest BCUT2D eigenvalue weighted by molar-refractivity contribution is 6.34. The number of piperidine rings is 2. The summed E-state index contributed by atoms with van der Waals surface area (Å²) in [4.78, 5) is 28.9. The van der Waals surface area contributed by atoms with Crippen LogP contribution in [0.4, 0.5) is 13.2 Å². The van der Waals surface area contributed by atoms with Gasteiger partial charge in [-0.25, -0.2) is 0 Å². The number of halogens is 4. The van der Waals surface area contributed by atoms with E-state index >= 15 is 0 Å². The normalized spacial score (nSPS) is 22.6. The smallest absolute Gasteiger partial charge is 0.430 e. The quantitative estimate of drug-likeness (QED) is 0.352. The summed E-state index contributed by atoms with van der Waals surface area (Å²) in [6.07, 6.45) is 1.94. The minimum Gasteiger partial charge on any atom is -0.494 e. The predicted octanol–water partition coefficient (Wildman–Crippen LogP) is 6.20. The third-order valence-electron chi connectivity index (χ3n) is 8.93. The van der Waals surface area contributed by atoms with Crippen LogP contribution in [0.1, 0.15) is 67.3 Å². The van der Waals surface area contributed by atoms with Crippen molar-refractivity contribution in [2.45, 2.75) is 69.2 Å². The Morgan fingerprint density at radius 2 is 1.73 bits per heavy atom. The molecule has 3 fully saturated rings. The van der Waals surface area contributed by atoms with Crippen LogP contribution in [-0.4, -0.2) is 65.2 Å². The molecule has 5 rings (SSSR count). The molecular weight excluding hydrogens is 557 g/mol. The van der Waals surface area contributed by atoms with Crippen LogP contribution >= 0.6 is 11.6 Å². The van der Waals surface area contributed by atoms with Gasteiger partial charge in [0.1, 0.15) is 5.75 Å². The highest BCUT2D eigenvalue weighted by Crippen LogP contribution is 2.42. The Morgan fingerprint density at radius 3 is 2.34 bits per heavy atom. The lowest BCUT2D eigenvalue weighted by atomic mass is 9.88. The lowest BCUT2D eigenvalue weighted by Crippen LogP contribution is -2.57. The fraction of sp³-hybridized carbons (Fsp3) is 0.548. The zero-order chi connectivity index (χ0) is 29.2. The van der Waals surface area contributed by atoms with Crippen molar-refractivity contribution in [1.82, 2.24) is 9.80 Å². The highest BCUT2D eigenvalue weighted by atomic mass is 35.5. The topological polar surface area (TPSA) is 70.1 Å². The molecule has 1 unspecified atom stereocenters. The number of amides is 2. The van der Waals surface area contributed by atoms with Gasteiger partial charge >= 0.3 is 6.18 Å². The van der Waals surface area contributed by atoms with Gasteiger partial charge in [0.2, 0.25) is 0 Å². The van der Waals surface area contributed by atoms with Gasteiger partial charge in [-0.05, 0) is 75.0 Å². The number of carbonyl (C=O) groups is 2. The number of carbonyl (C=O) groups excluding carboxylic acids is 2. The summed E-state index contributed by atoms with van der Waals surface area (Å²) >= 11 is 6.43. The number of unbranched alkanes of at least 4 members (excludes halogenated alkanes) is 1. The van der Waals surface area contributed by atoms with Gasteiger partial charge in [0.25, 0.3) is 17.4 Å². The zero-order valence-corrected chi connectivity index (χ0v) is 23.7. The van der Waals surface area contributed by atoms with E-state index in [1.54, 1.807) is 18.2 Å². The summed E-state index contributed by atoms with van der Waals surface area (Å²) < 4.78 is 47.5. The summed E-state index contributed by atoms with van der Waals surface area (Å²) in [5.41, 5.74) is -3.52. The number of aliphatic hydroxyl groups is 1. The van der Waals surface area contributed by atoms with Crippen LogP contribution in [0.2, 0.25) is 5.02 Å². The lowest BCUT2D eigenvalue weighted by molar-refractivity contribution is -0.262. The fourth-order valence-corrected chi connectivity index (χ4v) is 6.80. The SMILES string of the molecule is O=C(c1ccc(OCCCCC2CCN(C(=O)C(O)(c3ccccc3)C(F)(F)F)CC2)cc1Cl)N1C[C@@H]2CC[C@H]1C2. The Hall–Kier alpha value is -2.78. The zero-order valence-electron chi connectivity index (χ0n) is 22.9. The number of fused-ring (bicyclic) bond motifs is 2. The van der Waals surface area contributed by atoms with Crippen LogP contribution in [0, 0.1) is 11.8 Å². The first-order chi connectivity index (χ1) is 19.6. The summed E-state index contributed by atoms with van der Waals surface area (Å²) in [5.74, 6) is 0.188. The average Bonchev–Trinajstić information content (AvgIpc) is 3.60. The Morgan fingerprint density at radius 1 is 1.00 bits per heavy atom. The van der Waals surface area contributed by atoms with Gasteiger partial charge in [-0.1, -0.05) is 48.4 Å². The van der Waals surface area contributed by atoms with Crippen LogP contribution in [0.5, 0.6) is 5.75 Å². The molecule has 1 aliphatic carbocycles. The number of likely N-dealkylation sites (tertiary alicyclic amines) is 2. The molecule has 1 N–H and O–H groups in total. The Kier molecular flexibility index (Phi) is 8.85. The van der Waals surface area contributed by atoms with Crippen LogP contribution in [-0.2, 0) is 10.4 Å². The van der Waals surface area contributed by atoms with Crippen molar-refractivity contribution in [2.75, 3.05) is 26.2 Å². The first-order valence-corrected chi connectivity index (χ1v) is 14.8. The minimum atomic E-state index is -5.13. The molecule has 6 nitrogen and oxygen atoms in total. The van der Waals surface area contributed by atoms with Crippen molar-refractivity contribution in [2.24, 2.45) is 11.8 Å². The molecule has 2 aromatic carbocycles. The molecule has 222 valence electrons. The van der Waals surface area contributed by atoms with E-state index < -0.39 is 23.2 Å². The van der Waals surface area contributed by atoms with Crippen LogP contribution in [0.3, 0.4) is 0 Å². The summed E-state index contributed by atoms with van der Waals surface area (Å²) in [6.45, 7) is 1.64. The van der Waals surface area contributed by atoms with Crippen LogP contribution in [0.25, 0.3) is 0 Å². The third kappa shape index (κ3) is 6.21. The van der Waals surface area contributed by atoms with Crippen molar-refractivity contribution < 1.29 is 32.6 Å². The average molecular weight is 593 g/mol. The summed E-state index contributed by atoms with van der Waals surface area (Å²) in [7, 11) is 0. The molecule has 41 heavy (non-hydrogen) atoms. The molecule has 2 heterocycles. The maximum absolute atomic E-state index is 13.9. The van der Waals surface area contributed by atoms with Gasteiger partial charge in [-0.15, -0.1) is 0 Å². The molecule has 2 amide bonds. The van der Waals surface area contributed by atoms with Gasteiger partial charge in [0.15, 0.2) is 0 Å². The fourth-order valence-electron chi connectivity index (χ4n) is 6.55. The number of hydrogen-bond donors (Lipinski definition) is 1. The van der Waals surface area contributed by atoms with E-state index in [1.165, 1.54) is 24.6 Å². The first kappa shape index (κ1) is 29.7. The lowest BCUT2D eigenvalue weighted by Gasteiger charge is -2.38. The molecule has 0 spiro atoms. The van der Waals surface area contributed by atoms with E-state index in [0.717, 1.165) is 55.7 Å². The van der Waals surface area contributed by atoms with Crippen LogP contribution < -0.4 is 4.74 Å². The Labute approximate surface area is 243 Å². The maximum Gasteiger partial charge on any atom is 0.430 e. The first-order valence-electron chi connectivity index (χ1n) is 14.4. The van der Waals surface area contributed by atoms with Gasteiger partial charge in [-0.2, -0.15) is 13.2 Å². The second-order valence-corrected chi connectivity index (χ2v) is 12.0. The molecule has 3 aliphatic rings. The van der Waals surface area contributed by atoms with Crippen LogP contribution in [0.15, 0.2) is 48.5 Å². The standard InChI is InChI=1S/C31H36ClF3N2O4/c32-27-19-25(11-12-26(27)28(38)37-20-22-9-10-24(37)18-22)41-17-5-4-6-21-13-15-36(16-14-21)29(39)30(40,31(33,34)35)23-7-2-1-3-8-23/h1-3,7-8,11-12,19,21-22,24,40H,4-6,9-10,13-18,20H2/t22-,24+,30?/m1/s1. The van der Waals surface area contributed by atoms with E-state index in [0.29, 0.717) is 47.7 Å². The molecule has 0 radical (unpaired) electrons. The Balaban J connectivity index is 1.04. The van der Waals surface area contributed by atoms with Crippen molar-refractivity contribution >= 4 is 23.4 Å². The number of benzene rings is 2. The number of nitrogens with zero attached hydrogens (tertiary/aromatic N) is 2. The van der Waals surface area contributed by atoms with E-state index in [1.807, 2.05) is 4.90 Å². The second kappa shape index (κ2) is 12.2. The van der Waals surface area contributed by atoms with Crippen molar-refractivity contribution in [3.63, 3.8) is 0 Å².